The molecule has 0 fully saturated rings. The molecule has 20 heavy (non-hydrogen) atoms. The predicted octanol–water partition coefficient (Wildman–Crippen LogP) is 5.85. The number of pyridine rings is 1. The van der Waals surface area contributed by atoms with Gasteiger partial charge in [0.1, 0.15) is 0 Å². The van der Waals surface area contributed by atoms with Crippen molar-refractivity contribution in [3.63, 3.8) is 0 Å². The third kappa shape index (κ3) is 2.09. The quantitative estimate of drug-likeness (QED) is 0.578. The van der Waals surface area contributed by atoms with E-state index in [0.29, 0.717) is 10.0 Å². The first-order valence-corrected chi connectivity index (χ1v) is 6.92. The van der Waals surface area contributed by atoms with Gasteiger partial charge in [0, 0.05) is 22.2 Å². The standard InChI is InChI=1S/C17H11Cl2N/c1-2-11-7-8-14(18)16(17(11)19)13-9-10-20-15-6-4-3-5-12(13)15/h2-10H,1H2. The van der Waals surface area contributed by atoms with Crippen molar-refractivity contribution in [1.82, 2.24) is 4.98 Å². The third-order valence-corrected chi connectivity index (χ3v) is 3.98. The van der Waals surface area contributed by atoms with Crippen molar-refractivity contribution in [3.05, 3.63) is 70.8 Å². The third-order valence-electron chi connectivity index (χ3n) is 3.26. The van der Waals surface area contributed by atoms with Crippen molar-refractivity contribution >= 4 is 40.2 Å². The topological polar surface area (TPSA) is 12.9 Å². The maximum atomic E-state index is 6.47. The minimum atomic E-state index is 0.615. The number of fused-ring (bicyclic) bond motifs is 1. The van der Waals surface area contributed by atoms with Crippen molar-refractivity contribution in [3.8, 4) is 11.1 Å². The Morgan fingerprint density at radius 2 is 1.80 bits per heavy atom. The first-order valence-electron chi connectivity index (χ1n) is 6.17. The van der Waals surface area contributed by atoms with Crippen LogP contribution < -0.4 is 0 Å². The Balaban J connectivity index is 2.39. The molecule has 0 atom stereocenters. The Bertz CT molecular complexity index is 804. The van der Waals surface area contributed by atoms with Crippen LogP contribution in [0.3, 0.4) is 0 Å². The van der Waals surface area contributed by atoms with Crippen LogP contribution in [0.15, 0.2) is 55.2 Å². The molecule has 0 bridgehead atoms. The molecule has 0 spiro atoms. The van der Waals surface area contributed by atoms with E-state index in [4.69, 9.17) is 23.2 Å². The summed E-state index contributed by atoms with van der Waals surface area (Å²) in [7, 11) is 0. The lowest BCUT2D eigenvalue weighted by Crippen LogP contribution is -1.88. The molecule has 0 unspecified atom stereocenters. The molecule has 0 saturated carbocycles. The lowest BCUT2D eigenvalue weighted by atomic mass is 9.99. The molecule has 2 aromatic carbocycles. The minimum Gasteiger partial charge on any atom is -0.256 e. The molecule has 0 aliphatic carbocycles. The second-order valence-electron chi connectivity index (χ2n) is 4.41. The van der Waals surface area contributed by atoms with E-state index in [2.05, 4.69) is 11.6 Å². The molecule has 0 saturated heterocycles. The molecule has 1 aromatic heterocycles. The smallest absolute Gasteiger partial charge is 0.0708 e. The van der Waals surface area contributed by atoms with Gasteiger partial charge in [-0.1, -0.05) is 60.1 Å². The first-order chi connectivity index (χ1) is 9.72. The lowest BCUT2D eigenvalue weighted by Gasteiger charge is -2.12. The van der Waals surface area contributed by atoms with E-state index < -0.39 is 0 Å². The van der Waals surface area contributed by atoms with E-state index in [-0.39, 0.29) is 0 Å². The van der Waals surface area contributed by atoms with Gasteiger partial charge in [0.2, 0.25) is 0 Å². The zero-order valence-corrected chi connectivity index (χ0v) is 12.1. The zero-order chi connectivity index (χ0) is 14.1. The summed E-state index contributed by atoms with van der Waals surface area (Å²) in [5.41, 5.74) is 3.59. The second kappa shape index (κ2) is 5.28. The van der Waals surface area contributed by atoms with Crippen LogP contribution >= 0.6 is 23.2 Å². The Kier molecular flexibility index (Phi) is 3.47. The molecular weight excluding hydrogens is 289 g/mol. The maximum Gasteiger partial charge on any atom is 0.0708 e. The zero-order valence-electron chi connectivity index (χ0n) is 10.6. The number of nitrogens with zero attached hydrogens (tertiary/aromatic N) is 1. The Labute approximate surface area is 127 Å². The van der Waals surface area contributed by atoms with Gasteiger partial charge in [-0.3, -0.25) is 4.98 Å². The molecule has 0 N–H and O–H groups in total. The molecule has 0 amide bonds. The van der Waals surface area contributed by atoms with Gasteiger partial charge >= 0.3 is 0 Å². The molecule has 1 heterocycles. The Hall–Kier alpha value is -1.83. The van der Waals surface area contributed by atoms with E-state index in [0.717, 1.165) is 27.6 Å². The molecule has 0 aliphatic rings. The van der Waals surface area contributed by atoms with E-state index in [1.165, 1.54) is 0 Å². The number of rotatable bonds is 2. The molecule has 98 valence electrons. The number of benzene rings is 2. The van der Waals surface area contributed by atoms with Crippen molar-refractivity contribution < 1.29 is 0 Å². The van der Waals surface area contributed by atoms with Gasteiger partial charge in [0.15, 0.2) is 0 Å². The lowest BCUT2D eigenvalue weighted by molar-refractivity contribution is 1.41. The highest BCUT2D eigenvalue weighted by atomic mass is 35.5. The van der Waals surface area contributed by atoms with Crippen LogP contribution in [0.5, 0.6) is 0 Å². The maximum absolute atomic E-state index is 6.47. The van der Waals surface area contributed by atoms with Crippen LogP contribution in [0, 0.1) is 0 Å². The summed E-state index contributed by atoms with van der Waals surface area (Å²) in [6.45, 7) is 3.78. The molecule has 3 heteroatoms. The highest BCUT2D eigenvalue weighted by molar-refractivity contribution is 6.40. The highest BCUT2D eigenvalue weighted by Crippen LogP contribution is 2.40. The summed E-state index contributed by atoms with van der Waals surface area (Å²) >= 11 is 12.8. The highest BCUT2D eigenvalue weighted by Gasteiger charge is 2.14. The van der Waals surface area contributed by atoms with Gasteiger partial charge in [0.05, 0.1) is 10.5 Å². The number of hydrogen-bond acceptors (Lipinski definition) is 1. The number of aromatic nitrogens is 1. The molecule has 3 rings (SSSR count). The summed E-state index contributed by atoms with van der Waals surface area (Å²) < 4.78 is 0. The van der Waals surface area contributed by atoms with E-state index in [9.17, 15) is 0 Å². The summed E-state index contributed by atoms with van der Waals surface area (Å²) in [5, 5.41) is 2.26. The van der Waals surface area contributed by atoms with E-state index in [1.807, 2.05) is 42.5 Å². The Morgan fingerprint density at radius 1 is 1.00 bits per heavy atom. The van der Waals surface area contributed by atoms with E-state index >= 15 is 0 Å². The monoisotopic (exact) mass is 299 g/mol. The largest absolute Gasteiger partial charge is 0.256 e. The van der Waals surface area contributed by atoms with Gasteiger partial charge in [-0.25, -0.2) is 0 Å². The Morgan fingerprint density at radius 3 is 2.60 bits per heavy atom. The fraction of sp³-hybridized carbons (Fsp3) is 0. The minimum absolute atomic E-state index is 0.615. The van der Waals surface area contributed by atoms with Crippen LogP contribution in [0.1, 0.15) is 5.56 Å². The first kappa shape index (κ1) is 13.2. The van der Waals surface area contributed by atoms with E-state index in [1.54, 1.807) is 12.3 Å². The van der Waals surface area contributed by atoms with Crippen LogP contribution in [-0.2, 0) is 0 Å². The van der Waals surface area contributed by atoms with Gasteiger partial charge in [-0.2, -0.15) is 0 Å². The molecule has 1 nitrogen and oxygen atoms in total. The fourth-order valence-corrected chi connectivity index (χ4v) is 2.94. The molecule has 0 aliphatic heterocycles. The predicted molar refractivity (Wildman–Crippen MR) is 87.3 cm³/mol. The van der Waals surface area contributed by atoms with Crippen molar-refractivity contribution in [2.45, 2.75) is 0 Å². The van der Waals surface area contributed by atoms with Crippen molar-refractivity contribution in [1.29, 1.82) is 0 Å². The molecule has 0 radical (unpaired) electrons. The second-order valence-corrected chi connectivity index (χ2v) is 5.19. The van der Waals surface area contributed by atoms with Crippen LogP contribution in [0.2, 0.25) is 10.0 Å². The van der Waals surface area contributed by atoms with Gasteiger partial charge in [-0.15, -0.1) is 0 Å². The van der Waals surface area contributed by atoms with Gasteiger partial charge in [0.25, 0.3) is 0 Å². The normalized spacial score (nSPS) is 10.7. The fourth-order valence-electron chi connectivity index (χ4n) is 2.29. The summed E-state index contributed by atoms with van der Waals surface area (Å²) in [4.78, 5) is 4.36. The van der Waals surface area contributed by atoms with Crippen molar-refractivity contribution in [2.75, 3.05) is 0 Å². The number of hydrogen-bond donors (Lipinski definition) is 0. The average molecular weight is 300 g/mol. The summed E-state index contributed by atoms with van der Waals surface area (Å²) in [5.74, 6) is 0. The van der Waals surface area contributed by atoms with Gasteiger partial charge < -0.3 is 0 Å². The average Bonchev–Trinajstić information content (AvgIpc) is 2.48. The van der Waals surface area contributed by atoms with Crippen LogP contribution in [-0.4, -0.2) is 4.98 Å². The SMILES string of the molecule is C=Cc1ccc(Cl)c(-c2ccnc3ccccc23)c1Cl. The number of para-hydroxylation sites is 1. The van der Waals surface area contributed by atoms with Gasteiger partial charge in [-0.05, 0) is 29.3 Å². The summed E-state index contributed by atoms with van der Waals surface area (Å²) in [6.07, 6.45) is 3.50. The molecular formula is C17H11Cl2N. The van der Waals surface area contributed by atoms with Crippen molar-refractivity contribution in [2.24, 2.45) is 0 Å². The molecule has 3 aromatic rings. The number of halogens is 2. The summed E-state index contributed by atoms with van der Waals surface area (Å²) in [6, 6.07) is 13.6. The van der Waals surface area contributed by atoms with Crippen LogP contribution in [0.25, 0.3) is 28.1 Å². The van der Waals surface area contributed by atoms with Crippen LogP contribution in [0.4, 0.5) is 0 Å².